The van der Waals surface area contributed by atoms with Crippen molar-refractivity contribution in [2.45, 2.75) is 25.4 Å². The lowest BCUT2D eigenvalue weighted by Gasteiger charge is -2.24. The minimum Gasteiger partial charge on any atom is -0.338 e. The molecule has 0 bridgehead atoms. The number of hydrogen-bond donors (Lipinski definition) is 1. The fourth-order valence-corrected chi connectivity index (χ4v) is 2.50. The van der Waals surface area contributed by atoms with Gasteiger partial charge in [0, 0.05) is 18.0 Å². The number of carbonyl (C=O) groups excluding carboxylic acids is 1. The van der Waals surface area contributed by atoms with Crippen molar-refractivity contribution in [2.75, 3.05) is 7.05 Å². The van der Waals surface area contributed by atoms with Gasteiger partial charge in [0.2, 0.25) is 5.91 Å². The van der Waals surface area contributed by atoms with Gasteiger partial charge in [-0.2, -0.15) is 0 Å². The molecule has 1 heterocycles. The number of amides is 1. The first-order chi connectivity index (χ1) is 7.11. The van der Waals surface area contributed by atoms with Crippen LogP contribution in [0.5, 0.6) is 0 Å². The normalized spacial score (nSPS) is 26.1. The molecule has 0 aromatic carbocycles. The summed E-state index contributed by atoms with van der Waals surface area (Å²) >= 11 is 1.68. The largest absolute Gasteiger partial charge is 0.338 e. The molecule has 1 aromatic rings. The van der Waals surface area contributed by atoms with E-state index in [2.05, 4.69) is 13.0 Å². The van der Waals surface area contributed by atoms with Crippen molar-refractivity contribution in [2.24, 2.45) is 11.7 Å². The number of carbonyl (C=O) groups is 1. The molecule has 3 nitrogen and oxygen atoms in total. The van der Waals surface area contributed by atoms with Crippen molar-refractivity contribution in [3.8, 4) is 0 Å². The molecule has 3 atom stereocenters. The number of nitrogens with zero attached hydrogens (tertiary/aromatic N) is 1. The Morgan fingerprint density at radius 2 is 2.40 bits per heavy atom. The molecule has 2 N–H and O–H groups in total. The van der Waals surface area contributed by atoms with Crippen LogP contribution in [0.3, 0.4) is 0 Å². The van der Waals surface area contributed by atoms with Crippen LogP contribution < -0.4 is 5.73 Å². The van der Waals surface area contributed by atoms with E-state index in [1.54, 1.807) is 11.3 Å². The van der Waals surface area contributed by atoms with E-state index >= 15 is 0 Å². The molecule has 1 aromatic heterocycles. The molecule has 0 aliphatic heterocycles. The van der Waals surface area contributed by atoms with Gasteiger partial charge >= 0.3 is 0 Å². The molecule has 0 saturated heterocycles. The van der Waals surface area contributed by atoms with Gasteiger partial charge in [-0.15, -0.1) is 11.3 Å². The first-order valence-corrected chi connectivity index (χ1v) is 6.05. The third kappa shape index (κ3) is 2.06. The molecule has 1 fully saturated rings. The molecule has 82 valence electrons. The standard InChI is InChI=1S/C11H16N2OS/c1-7(10-4-3-5-15-10)13(2)11(14)8-6-9(8)12/h3-5,7-9H,6,12H2,1-2H3. The first-order valence-electron chi connectivity index (χ1n) is 5.17. The molecule has 1 amide bonds. The quantitative estimate of drug-likeness (QED) is 0.848. The fourth-order valence-electron chi connectivity index (χ4n) is 1.67. The molecule has 0 spiro atoms. The average molecular weight is 224 g/mol. The highest BCUT2D eigenvalue weighted by molar-refractivity contribution is 7.10. The summed E-state index contributed by atoms with van der Waals surface area (Å²) in [4.78, 5) is 14.9. The molecule has 4 heteroatoms. The smallest absolute Gasteiger partial charge is 0.227 e. The maximum atomic E-state index is 11.9. The molecular formula is C11H16N2OS. The summed E-state index contributed by atoms with van der Waals surface area (Å²) in [6.07, 6.45) is 0.848. The van der Waals surface area contributed by atoms with Gasteiger partial charge in [0.25, 0.3) is 0 Å². The Kier molecular flexibility index (Phi) is 2.80. The lowest BCUT2D eigenvalue weighted by Crippen LogP contribution is -2.32. The van der Waals surface area contributed by atoms with E-state index in [1.165, 1.54) is 4.88 Å². The van der Waals surface area contributed by atoms with E-state index in [1.807, 2.05) is 23.4 Å². The van der Waals surface area contributed by atoms with Gasteiger partial charge < -0.3 is 10.6 Å². The Bertz CT molecular complexity index is 349. The van der Waals surface area contributed by atoms with Crippen LogP contribution in [0.4, 0.5) is 0 Å². The molecule has 1 saturated carbocycles. The second kappa shape index (κ2) is 3.94. The zero-order valence-corrected chi connectivity index (χ0v) is 9.83. The molecule has 1 aliphatic carbocycles. The summed E-state index contributed by atoms with van der Waals surface area (Å²) in [6.45, 7) is 2.05. The van der Waals surface area contributed by atoms with Crippen LogP contribution in [0.15, 0.2) is 17.5 Å². The van der Waals surface area contributed by atoms with Crippen molar-refractivity contribution in [3.63, 3.8) is 0 Å². The van der Waals surface area contributed by atoms with Gasteiger partial charge in [-0.05, 0) is 24.8 Å². The van der Waals surface area contributed by atoms with Crippen LogP contribution in [0.25, 0.3) is 0 Å². The summed E-state index contributed by atoms with van der Waals surface area (Å²) in [5.74, 6) is 0.251. The van der Waals surface area contributed by atoms with E-state index in [0.717, 1.165) is 6.42 Å². The van der Waals surface area contributed by atoms with E-state index in [-0.39, 0.29) is 23.9 Å². The van der Waals surface area contributed by atoms with Crippen LogP contribution >= 0.6 is 11.3 Å². The Hall–Kier alpha value is -0.870. The monoisotopic (exact) mass is 224 g/mol. The Labute approximate surface area is 93.9 Å². The summed E-state index contributed by atoms with van der Waals surface area (Å²) < 4.78 is 0. The van der Waals surface area contributed by atoms with Crippen LogP contribution in [0, 0.1) is 5.92 Å². The van der Waals surface area contributed by atoms with Gasteiger partial charge in [-0.3, -0.25) is 4.79 Å². The van der Waals surface area contributed by atoms with Crippen LogP contribution in [-0.2, 0) is 4.79 Å². The van der Waals surface area contributed by atoms with E-state index < -0.39 is 0 Å². The highest BCUT2D eigenvalue weighted by atomic mass is 32.1. The number of thiophene rings is 1. The minimum absolute atomic E-state index is 0.0670. The fraction of sp³-hybridized carbons (Fsp3) is 0.545. The maximum Gasteiger partial charge on any atom is 0.227 e. The lowest BCUT2D eigenvalue weighted by molar-refractivity contribution is -0.133. The molecule has 2 rings (SSSR count). The van der Waals surface area contributed by atoms with Gasteiger partial charge in [-0.25, -0.2) is 0 Å². The van der Waals surface area contributed by atoms with E-state index in [9.17, 15) is 4.79 Å². The van der Waals surface area contributed by atoms with E-state index in [0.29, 0.717) is 0 Å². The number of nitrogens with two attached hydrogens (primary N) is 1. The highest BCUT2D eigenvalue weighted by Crippen LogP contribution is 2.33. The van der Waals surface area contributed by atoms with Gasteiger partial charge in [0.05, 0.1) is 12.0 Å². The summed E-state index contributed by atoms with van der Waals surface area (Å²) in [5.41, 5.74) is 5.68. The van der Waals surface area contributed by atoms with Crippen molar-refractivity contribution in [1.29, 1.82) is 0 Å². The predicted octanol–water partition coefficient (Wildman–Crippen LogP) is 1.61. The average Bonchev–Trinajstić information content (AvgIpc) is 2.75. The van der Waals surface area contributed by atoms with Crippen molar-refractivity contribution in [3.05, 3.63) is 22.4 Å². The predicted molar refractivity (Wildman–Crippen MR) is 61.6 cm³/mol. The van der Waals surface area contributed by atoms with Gasteiger partial charge in [0.15, 0.2) is 0 Å². The third-order valence-corrected chi connectivity index (χ3v) is 4.08. The zero-order valence-electron chi connectivity index (χ0n) is 9.01. The number of rotatable bonds is 3. The third-order valence-electron chi connectivity index (χ3n) is 3.04. The molecule has 15 heavy (non-hydrogen) atoms. The molecular weight excluding hydrogens is 208 g/mol. The van der Waals surface area contributed by atoms with E-state index in [4.69, 9.17) is 5.73 Å². The minimum atomic E-state index is 0.0670. The summed E-state index contributed by atoms with van der Waals surface area (Å²) in [6, 6.07) is 4.32. The van der Waals surface area contributed by atoms with Crippen molar-refractivity contribution in [1.82, 2.24) is 4.90 Å². The zero-order chi connectivity index (χ0) is 11.0. The van der Waals surface area contributed by atoms with Crippen molar-refractivity contribution >= 4 is 17.2 Å². The molecule has 1 aliphatic rings. The number of hydrogen-bond acceptors (Lipinski definition) is 3. The van der Waals surface area contributed by atoms with Crippen LogP contribution in [0.1, 0.15) is 24.3 Å². The topological polar surface area (TPSA) is 46.3 Å². The second-order valence-corrected chi connectivity index (χ2v) is 5.13. The lowest BCUT2D eigenvalue weighted by atomic mass is 10.2. The van der Waals surface area contributed by atoms with Gasteiger partial charge in [0.1, 0.15) is 0 Å². The van der Waals surface area contributed by atoms with Gasteiger partial charge in [-0.1, -0.05) is 6.07 Å². The Morgan fingerprint density at radius 1 is 1.73 bits per heavy atom. The van der Waals surface area contributed by atoms with Crippen LogP contribution in [0.2, 0.25) is 0 Å². The Morgan fingerprint density at radius 3 is 2.87 bits per heavy atom. The SMILES string of the molecule is CC(c1cccs1)N(C)C(=O)C1CC1N. The molecule has 3 unspecified atom stereocenters. The highest BCUT2D eigenvalue weighted by Gasteiger charge is 2.42. The summed E-state index contributed by atoms with van der Waals surface area (Å²) in [7, 11) is 1.86. The second-order valence-electron chi connectivity index (χ2n) is 4.15. The van der Waals surface area contributed by atoms with Crippen molar-refractivity contribution < 1.29 is 4.79 Å². The summed E-state index contributed by atoms with van der Waals surface area (Å²) in [5, 5.41) is 2.03. The maximum absolute atomic E-state index is 11.9. The Balaban J connectivity index is 2.01. The van der Waals surface area contributed by atoms with Crippen LogP contribution in [-0.4, -0.2) is 23.9 Å². The molecule has 0 radical (unpaired) electrons. The first kappa shape index (κ1) is 10.6.